The molecule has 3 rings (SSSR count). The monoisotopic (exact) mass is 240 g/mol. The maximum absolute atomic E-state index is 4.24. The van der Waals surface area contributed by atoms with E-state index >= 15 is 0 Å². The molecule has 0 aromatic carbocycles. The molecular formula is C12H12N6. The van der Waals surface area contributed by atoms with E-state index in [1.54, 1.807) is 23.3 Å². The fraction of sp³-hybridized carbons (Fsp3) is 0.167. The third-order valence-corrected chi connectivity index (χ3v) is 2.68. The standard InChI is InChI=1S/C12H12N6/c1-17-7-6-14-12(17)11-9-18(16-15-11)8-10-2-4-13-5-3-10/h2-7,9H,8H2,1H3. The number of aryl methyl sites for hydroxylation is 1. The molecule has 0 N–H and O–H groups in total. The zero-order valence-electron chi connectivity index (χ0n) is 9.93. The Morgan fingerprint density at radius 3 is 2.72 bits per heavy atom. The van der Waals surface area contributed by atoms with Crippen molar-refractivity contribution >= 4 is 0 Å². The van der Waals surface area contributed by atoms with E-state index in [4.69, 9.17) is 0 Å². The Balaban J connectivity index is 1.84. The number of pyridine rings is 1. The normalized spacial score (nSPS) is 10.7. The van der Waals surface area contributed by atoms with Gasteiger partial charge in [0.2, 0.25) is 0 Å². The third-order valence-electron chi connectivity index (χ3n) is 2.68. The fourth-order valence-corrected chi connectivity index (χ4v) is 1.77. The summed E-state index contributed by atoms with van der Waals surface area (Å²) in [4.78, 5) is 8.23. The summed E-state index contributed by atoms with van der Waals surface area (Å²) in [5.74, 6) is 0.816. The molecule has 0 spiro atoms. The topological polar surface area (TPSA) is 61.4 Å². The highest BCUT2D eigenvalue weighted by atomic mass is 15.4. The number of nitrogens with zero attached hydrogens (tertiary/aromatic N) is 6. The van der Waals surface area contributed by atoms with Gasteiger partial charge in [-0.05, 0) is 17.7 Å². The van der Waals surface area contributed by atoms with Crippen molar-refractivity contribution < 1.29 is 0 Å². The molecule has 0 bridgehead atoms. The molecule has 90 valence electrons. The van der Waals surface area contributed by atoms with Crippen LogP contribution in [0.15, 0.2) is 43.1 Å². The first-order chi connectivity index (χ1) is 8.83. The van der Waals surface area contributed by atoms with E-state index in [1.807, 2.05) is 36.1 Å². The molecule has 0 radical (unpaired) electrons. The van der Waals surface area contributed by atoms with Crippen LogP contribution < -0.4 is 0 Å². The summed E-state index contributed by atoms with van der Waals surface area (Å²) < 4.78 is 3.71. The number of aromatic nitrogens is 6. The van der Waals surface area contributed by atoms with Crippen molar-refractivity contribution in [2.75, 3.05) is 0 Å². The van der Waals surface area contributed by atoms with Crippen molar-refractivity contribution in [1.82, 2.24) is 29.5 Å². The molecule has 0 aliphatic carbocycles. The summed E-state index contributed by atoms with van der Waals surface area (Å²) in [5, 5.41) is 8.23. The molecule has 3 heterocycles. The summed E-state index contributed by atoms with van der Waals surface area (Å²) in [6, 6.07) is 3.92. The second-order valence-corrected chi connectivity index (χ2v) is 4.02. The predicted octanol–water partition coefficient (Wildman–Crippen LogP) is 1.12. The Labute approximate surface area is 104 Å². The number of hydrogen-bond acceptors (Lipinski definition) is 4. The highest BCUT2D eigenvalue weighted by molar-refractivity contribution is 5.47. The first-order valence-electron chi connectivity index (χ1n) is 5.59. The van der Waals surface area contributed by atoms with Crippen molar-refractivity contribution in [2.24, 2.45) is 7.05 Å². The van der Waals surface area contributed by atoms with E-state index in [0.717, 1.165) is 17.1 Å². The van der Waals surface area contributed by atoms with Gasteiger partial charge in [-0.2, -0.15) is 0 Å². The first-order valence-corrected chi connectivity index (χ1v) is 5.59. The van der Waals surface area contributed by atoms with Gasteiger partial charge in [0.05, 0.1) is 12.7 Å². The van der Waals surface area contributed by atoms with Gasteiger partial charge in [0, 0.05) is 31.8 Å². The summed E-state index contributed by atoms with van der Waals surface area (Å²) in [5.41, 5.74) is 1.91. The molecule has 3 aromatic heterocycles. The Bertz CT molecular complexity index is 639. The minimum atomic E-state index is 0.680. The van der Waals surface area contributed by atoms with Crippen molar-refractivity contribution in [3.05, 3.63) is 48.7 Å². The molecule has 0 aliphatic heterocycles. The molecule has 6 heteroatoms. The molecule has 0 atom stereocenters. The van der Waals surface area contributed by atoms with Gasteiger partial charge < -0.3 is 4.57 Å². The molecule has 0 fully saturated rings. The predicted molar refractivity (Wildman–Crippen MR) is 65.6 cm³/mol. The minimum Gasteiger partial charge on any atom is -0.333 e. The van der Waals surface area contributed by atoms with Crippen LogP contribution in [0.2, 0.25) is 0 Å². The van der Waals surface area contributed by atoms with E-state index < -0.39 is 0 Å². The quantitative estimate of drug-likeness (QED) is 0.688. The van der Waals surface area contributed by atoms with Gasteiger partial charge in [-0.3, -0.25) is 4.98 Å². The summed E-state index contributed by atoms with van der Waals surface area (Å²) in [6.45, 7) is 0.680. The van der Waals surface area contributed by atoms with Crippen molar-refractivity contribution in [3.63, 3.8) is 0 Å². The minimum absolute atomic E-state index is 0.680. The van der Waals surface area contributed by atoms with Crippen LogP contribution in [-0.2, 0) is 13.6 Å². The average Bonchev–Trinajstić information content (AvgIpc) is 2.99. The first kappa shape index (κ1) is 10.6. The van der Waals surface area contributed by atoms with Crippen molar-refractivity contribution in [3.8, 4) is 11.5 Å². The van der Waals surface area contributed by atoms with Gasteiger partial charge >= 0.3 is 0 Å². The van der Waals surface area contributed by atoms with E-state index in [1.165, 1.54) is 0 Å². The second kappa shape index (κ2) is 4.40. The smallest absolute Gasteiger partial charge is 0.161 e. The third kappa shape index (κ3) is 2.00. The number of hydrogen-bond donors (Lipinski definition) is 0. The second-order valence-electron chi connectivity index (χ2n) is 4.02. The highest BCUT2D eigenvalue weighted by Gasteiger charge is 2.08. The molecule has 18 heavy (non-hydrogen) atoms. The Morgan fingerprint density at radius 2 is 2.00 bits per heavy atom. The van der Waals surface area contributed by atoms with Gasteiger partial charge in [0.25, 0.3) is 0 Å². The summed E-state index contributed by atoms with van der Waals surface area (Å²) >= 11 is 0. The van der Waals surface area contributed by atoms with Crippen LogP contribution in [0.1, 0.15) is 5.56 Å². The lowest BCUT2D eigenvalue weighted by atomic mass is 10.3. The Kier molecular flexibility index (Phi) is 2.60. The number of imidazole rings is 1. The van der Waals surface area contributed by atoms with Crippen LogP contribution in [0, 0.1) is 0 Å². The van der Waals surface area contributed by atoms with Gasteiger partial charge in [-0.15, -0.1) is 5.10 Å². The van der Waals surface area contributed by atoms with Crippen molar-refractivity contribution in [1.29, 1.82) is 0 Å². The van der Waals surface area contributed by atoms with Crippen LogP contribution in [0.3, 0.4) is 0 Å². The van der Waals surface area contributed by atoms with Crippen molar-refractivity contribution in [2.45, 2.75) is 6.54 Å². The Morgan fingerprint density at radius 1 is 1.17 bits per heavy atom. The lowest BCUT2D eigenvalue weighted by Crippen LogP contribution is -2.00. The van der Waals surface area contributed by atoms with Crippen LogP contribution >= 0.6 is 0 Å². The zero-order chi connectivity index (χ0) is 12.4. The molecule has 0 amide bonds. The van der Waals surface area contributed by atoms with Gasteiger partial charge in [-0.1, -0.05) is 5.21 Å². The molecule has 6 nitrogen and oxygen atoms in total. The molecule has 0 aliphatic rings. The van der Waals surface area contributed by atoms with Crippen LogP contribution in [0.4, 0.5) is 0 Å². The zero-order valence-corrected chi connectivity index (χ0v) is 9.93. The summed E-state index contributed by atoms with van der Waals surface area (Å²) in [6.07, 6.45) is 9.06. The van der Waals surface area contributed by atoms with Crippen LogP contribution in [0.25, 0.3) is 11.5 Å². The highest BCUT2D eigenvalue weighted by Crippen LogP contribution is 2.12. The fourth-order valence-electron chi connectivity index (χ4n) is 1.77. The van der Waals surface area contributed by atoms with E-state index in [-0.39, 0.29) is 0 Å². The number of rotatable bonds is 3. The van der Waals surface area contributed by atoms with Gasteiger partial charge in [0.15, 0.2) is 5.82 Å². The van der Waals surface area contributed by atoms with E-state index in [2.05, 4.69) is 20.3 Å². The largest absolute Gasteiger partial charge is 0.333 e. The molecule has 0 unspecified atom stereocenters. The average molecular weight is 240 g/mol. The molecular weight excluding hydrogens is 228 g/mol. The molecule has 0 saturated heterocycles. The van der Waals surface area contributed by atoms with E-state index in [9.17, 15) is 0 Å². The van der Waals surface area contributed by atoms with Gasteiger partial charge in [0.1, 0.15) is 5.69 Å². The lowest BCUT2D eigenvalue weighted by Gasteiger charge is -1.99. The summed E-state index contributed by atoms with van der Waals surface area (Å²) in [7, 11) is 1.93. The maximum atomic E-state index is 4.24. The lowest BCUT2D eigenvalue weighted by molar-refractivity contribution is 0.649. The molecule has 3 aromatic rings. The van der Waals surface area contributed by atoms with E-state index in [0.29, 0.717) is 6.54 Å². The Hall–Kier alpha value is -2.50. The maximum Gasteiger partial charge on any atom is 0.161 e. The molecule has 0 saturated carbocycles. The van der Waals surface area contributed by atoms with Gasteiger partial charge in [-0.25, -0.2) is 9.67 Å². The van der Waals surface area contributed by atoms with Crippen LogP contribution in [0.5, 0.6) is 0 Å². The SMILES string of the molecule is Cn1ccnc1-c1cn(Cc2ccncc2)nn1. The van der Waals surface area contributed by atoms with Crippen LogP contribution in [-0.4, -0.2) is 29.5 Å².